The third kappa shape index (κ3) is 3.01. The van der Waals surface area contributed by atoms with Crippen molar-refractivity contribution in [3.05, 3.63) is 35.2 Å². The number of carbonyl (C=O) groups is 2. The van der Waals surface area contributed by atoms with E-state index in [1.807, 2.05) is 11.8 Å². The molecule has 0 bridgehead atoms. The van der Waals surface area contributed by atoms with Crippen LogP contribution in [0.5, 0.6) is 0 Å². The number of piperidine rings is 1. The Balaban J connectivity index is 1.54. The highest BCUT2D eigenvalue weighted by molar-refractivity contribution is 5.92. The van der Waals surface area contributed by atoms with E-state index in [1.165, 1.54) is 0 Å². The van der Waals surface area contributed by atoms with E-state index < -0.39 is 0 Å². The molecule has 2 aliphatic rings. The zero-order valence-corrected chi connectivity index (χ0v) is 15.9. The monoisotopic (exact) mass is 371 g/mol. The predicted octanol–water partition coefficient (Wildman–Crippen LogP) is 0.175. The maximum absolute atomic E-state index is 12.7. The van der Waals surface area contributed by atoms with Gasteiger partial charge in [-0.3, -0.25) is 20.0 Å². The number of likely N-dealkylation sites (tertiary alicyclic amines) is 1. The van der Waals surface area contributed by atoms with Crippen molar-refractivity contribution in [2.75, 3.05) is 27.2 Å². The average Bonchev–Trinajstić information content (AvgIpc) is 3.30. The first kappa shape index (κ1) is 17.7. The van der Waals surface area contributed by atoms with E-state index in [9.17, 15) is 9.59 Å². The van der Waals surface area contributed by atoms with E-state index in [0.717, 1.165) is 17.1 Å². The number of H-pyrrole nitrogens is 2. The number of hydrogen-bond acceptors (Lipinski definition) is 5. The fourth-order valence-electron chi connectivity index (χ4n) is 4.17. The second-order valence-corrected chi connectivity index (χ2v) is 7.67. The van der Waals surface area contributed by atoms with Crippen LogP contribution in [0.2, 0.25) is 0 Å². The van der Waals surface area contributed by atoms with Crippen molar-refractivity contribution in [3.63, 3.8) is 0 Å². The second kappa shape index (κ2) is 6.49. The highest BCUT2D eigenvalue weighted by atomic mass is 16.2. The van der Waals surface area contributed by atoms with Crippen LogP contribution >= 0.6 is 0 Å². The van der Waals surface area contributed by atoms with Crippen LogP contribution in [0.15, 0.2) is 12.4 Å². The van der Waals surface area contributed by atoms with E-state index in [-0.39, 0.29) is 23.4 Å². The van der Waals surface area contributed by atoms with Crippen LogP contribution in [-0.4, -0.2) is 75.0 Å². The molecule has 27 heavy (non-hydrogen) atoms. The summed E-state index contributed by atoms with van der Waals surface area (Å²) in [5.41, 5.74) is 2.92. The molecule has 0 aromatic carbocycles. The molecule has 0 aliphatic carbocycles. The minimum atomic E-state index is -0.387. The normalized spacial score (nSPS) is 21.1. The maximum atomic E-state index is 12.7. The summed E-state index contributed by atoms with van der Waals surface area (Å²) in [5, 5.41) is 10.5. The first-order valence-electron chi connectivity index (χ1n) is 9.22. The molecule has 0 unspecified atom stereocenters. The molecule has 2 aromatic heterocycles. The van der Waals surface area contributed by atoms with Crippen molar-refractivity contribution in [2.45, 2.75) is 37.8 Å². The summed E-state index contributed by atoms with van der Waals surface area (Å²) in [5.74, 6) is -0.00620. The van der Waals surface area contributed by atoms with Gasteiger partial charge in [0, 0.05) is 45.0 Å². The van der Waals surface area contributed by atoms with Gasteiger partial charge in [-0.15, -0.1) is 0 Å². The SMILES string of the molecule is Cc1cc(C(=O)N2CCC3(CC2)N[C@H](C(=O)N(C)C)Cc2[nH]cnc23)n[nH]1. The number of aromatic nitrogens is 4. The Hall–Kier alpha value is -2.68. The first-order chi connectivity index (χ1) is 12.9. The molecular weight excluding hydrogens is 346 g/mol. The third-order valence-corrected chi connectivity index (χ3v) is 5.60. The van der Waals surface area contributed by atoms with Gasteiger partial charge in [0.25, 0.3) is 5.91 Å². The van der Waals surface area contributed by atoms with Gasteiger partial charge in [-0.05, 0) is 25.8 Å². The molecule has 1 fully saturated rings. The zero-order chi connectivity index (χ0) is 19.2. The Labute approximate surface area is 157 Å². The molecule has 1 saturated heterocycles. The van der Waals surface area contributed by atoms with Crippen LogP contribution in [0, 0.1) is 6.92 Å². The predicted molar refractivity (Wildman–Crippen MR) is 98.0 cm³/mol. The number of carbonyl (C=O) groups excluding carboxylic acids is 2. The van der Waals surface area contributed by atoms with Gasteiger partial charge in [-0.1, -0.05) is 0 Å². The molecule has 2 aromatic rings. The summed E-state index contributed by atoms with van der Waals surface area (Å²) in [4.78, 5) is 36.4. The molecule has 1 spiro atoms. The molecule has 144 valence electrons. The standard InChI is InChI=1S/C18H25N7O2/c1-11-8-14(23-22-11)17(27)25-6-4-18(5-7-25)15-12(19-10-20-15)9-13(21-18)16(26)24(2)3/h8,10,13,21H,4-7,9H2,1-3H3,(H,19,20)(H,22,23)/t13-/m0/s1. The van der Waals surface area contributed by atoms with Crippen LogP contribution < -0.4 is 5.32 Å². The van der Waals surface area contributed by atoms with Gasteiger partial charge >= 0.3 is 0 Å². The fraction of sp³-hybridized carbons (Fsp3) is 0.556. The molecule has 2 aliphatic heterocycles. The van der Waals surface area contributed by atoms with Crippen molar-refractivity contribution < 1.29 is 9.59 Å². The molecule has 1 atom stereocenters. The van der Waals surface area contributed by atoms with Crippen molar-refractivity contribution in [2.24, 2.45) is 0 Å². The summed E-state index contributed by atoms with van der Waals surface area (Å²) in [6.07, 6.45) is 3.71. The molecule has 2 amide bonds. The van der Waals surface area contributed by atoms with Crippen LogP contribution in [0.4, 0.5) is 0 Å². The Kier molecular flexibility index (Phi) is 4.26. The third-order valence-electron chi connectivity index (χ3n) is 5.60. The van der Waals surface area contributed by atoms with Crippen LogP contribution in [0.25, 0.3) is 0 Å². The number of likely N-dealkylation sites (N-methyl/N-ethyl adjacent to an activating group) is 1. The van der Waals surface area contributed by atoms with Crippen LogP contribution in [-0.2, 0) is 16.8 Å². The Morgan fingerprint density at radius 1 is 1.30 bits per heavy atom. The smallest absolute Gasteiger partial charge is 0.274 e. The topological polar surface area (TPSA) is 110 Å². The van der Waals surface area contributed by atoms with E-state index >= 15 is 0 Å². The Morgan fingerprint density at radius 3 is 2.67 bits per heavy atom. The lowest BCUT2D eigenvalue weighted by Gasteiger charge is -2.46. The lowest BCUT2D eigenvalue weighted by atomic mass is 9.78. The molecule has 0 radical (unpaired) electrons. The Morgan fingerprint density at radius 2 is 2.04 bits per heavy atom. The molecule has 9 nitrogen and oxygen atoms in total. The number of hydrogen-bond donors (Lipinski definition) is 3. The Bertz CT molecular complexity index is 861. The van der Waals surface area contributed by atoms with Crippen molar-refractivity contribution >= 4 is 11.8 Å². The van der Waals surface area contributed by atoms with Gasteiger partial charge < -0.3 is 14.8 Å². The van der Waals surface area contributed by atoms with Gasteiger partial charge in [-0.25, -0.2) is 4.98 Å². The van der Waals surface area contributed by atoms with Gasteiger partial charge in [0.2, 0.25) is 5.91 Å². The molecule has 9 heteroatoms. The summed E-state index contributed by atoms with van der Waals surface area (Å²) < 4.78 is 0. The highest BCUT2D eigenvalue weighted by Gasteiger charge is 2.46. The fourth-order valence-corrected chi connectivity index (χ4v) is 4.17. The largest absolute Gasteiger partial charge is 0.348 e. The number of fused-ring (bicyclic) bond motifs is 2. The minimum Gasteiger partial charge on any atom is -0.348 e. The average molecular weight is 371 g/mol. The number of nitrogens with one attached hydrogen (secondary N) is 3. The van der Waals surface area contributed by atoms with Gasteiger partial charge in [0.1, 0.15) is 5.69 Å². The number of aromatic amines is 2. The van der Waals surface area contributed by atoms with Gasteiger partial charge in [-0.2, -0.15) is 5.10 Å². The van der Waals surface area contributed by atoms with Crippen molar-refractivity contribution in [1.82, 2.24) is 35.3 Å². The summed E-state index contributed by atoms with van der Waals surface area (Å²) >= 11 is 0. The minimum absolute atomic E-state index is 0.0557. The molecule has 4 rings (SSSR count). The molecule has 0 saturated carbocycles. The van der Waals surface area contributed by atoms with Crippen LogP contribution in [0.3, 0.4) is 0 Å². The molecule has 4 heterocycles. The van der Waals surface area contributed by atoms with Crippen molar-refractivity contribution in [1.29, 1.82) is 0 Å². The number of imidazole rings is 1. The summed E-state index contributed by atoms with van der Waals surface area (Å²) in [6.45, 7) is 3.06. The highest BCUT2D eigenvalue weighted by Crippen LogP contribution is 2.37. The van der Waals surface area contributed by atoms with E-state index in [1.54, 1.807) is 31.4 Å². The molecular formula is C18H25N7O2. The van der Waals surface area contributed by atoms with Crippen LogP contribution in [0.1, 0.15) is 40.4 Å². The lowest BCUT2D eigenvalue weighted by Crippen LogP contribution is -2.61. The van der Waals surface area contributed by atoms with E-state index in [2.05, 4.69) is 25.5 Å². The van der Waals surface area contributed by atoms with E-state index in [0.29, 0.717) is 38.0 Å². The summed E-state index contributed by atoms with van der Waals surface area (Å²) in [7, 11) is 3.54. The van der Waals surface area contributed by atoms with Gasteiger partial charge in [0.15, 0.2) is 0 Å². The zero-order valence-electron chi connectivity index (χ0n) is 15.9. The van der Waals surface area contributed by atoms with Gasteiger partial charge in [0.05, 0.1) is 23.6 Å². The number of nitrogens with zero attached hydrogens (tertiary/aromatic N) is 4. The number of amides is 2. The number of aryl methyl sites for hydroxylation is 1. The summed E-state index contributed by atoms with van der Waals surface area (Å²) in [6, 6.07) is 1.48. The first-order valence-corrected chi connectivity index (χ1v) is 9.22. The maximum Gasteiger partial charge on any atom is 0.274 e. The number of rotatable bonds is 2. The van der Waals surface area contributed by atoms with Crippen molar-refractivity contribution in [3.8, 4) is 0 Å². The lowest BCUT2D eigenvalue weighted by molar-refractivity contribution is -0.132. The van der Waals surface area contributed by atoms with E-state index in [4.69, 9.17) is 0 Å². The quantitative estimate of drug-likeness (QED) is 0.697. The second-order valence-electron chi connectivity index (χ2n) is 7.67. The molecule has 3 N–H and O–H groups in total.